The van der Waals surface area contributed by atoms with Gasteiger partial charge in [0, 0.05) is 49.4 Å². The summed E-state index contributed by atoms with van der Waals surface area (Å²) in [5.41, 5.74) is 2.77. The molecule has 0 saturated carbocycles. The zero-order chi connectivity index (χ0) is 24.6. The Morgan fingerprint density at radius 1 is 1.14 bits per heavy atom. The van der Waals surface area contributed by atoms with Crippen LogP contribution in [0.3, 0.4) is 0 Å². The van der Waals surface area contributed by atoms with E-state index in [1.165, 1.54) is 0 Å². The number of methoxy groups -OCH3 is 1. The molecule has 2 saturated heterocycles. The summed E-state index contributed by atoms with van der Waals surface area (Å²) in [4.78, 5) is 25.6. The average molecular weight is 493 g/mol. The van der Waals surface area contributed by atoms with Gasteiger partial charge < -0.3 is 24.1 Å². The third-order valence-electron chi connectivity index (χ3n) is 7.10. The van der Waals surface area contributed by atoms with Gasteiger partial charge in [-0.3, -0.25) is 14.8 Å². The first-order valence-corrected chi connectivity index (χ1v) is 12.2. The number of aliphatic hydroxyl groups excluding tert-OH is 1. The van der Waals surface area contributed by atoms with Crippen LogP contribution in [0.5, 0.6) is 17.4 Å². The van der Waals surface area contributed by atoms with E-state index in [0.717, 1.165) is 18.7 Å². The summed E-state index contributed by atoms with van der Waals surface area (Å²) >= 11 is 0. The van der Waals surface area contributed by atoms with Crippen LogP contribution in [0.15, 0.2) is 42.6 Å². The second-order valence-electron chi connectivity index (χ2n) is 9.31. The number of fused-ring (bicyclic) bond motifs is 3. The van der Waals surface area contributed by atoms with Crippen molar-refractivity contribution in [3.8, 4) is 17.4 Å². The summed E-state index contributed by atoms with van der Waals surface area (Å²) in [5, 5.41) is 11.1. The molecule has 2 fully saturated rings. The van der Waals surface area contributed by atoms with E-state index in [0.29, 0.717) is 66.8 Å². The molecular weight excluding hydrogens is 464 g/mol. The molecular formula is C26H28N4O6. The maximum absolute atomic E-state index is 12.9. The van der Waals surface area contributed by atoms with Crippen molar-refractivity contribution in [1.82, 2.24) is 14.9 Å². The third-order valence-corrected chi connectivity index (χ3v) is 7.10. The maximum atomic E-state index is 12.9. The lowest BCUT2D eigenvalue weighted by Crippen LogP contribution is -2.56. The first-order valence-electron chi connectivity index (χ1n) is 12.2. The number of hydrogen-bond acceptors (Lipinski definition) is 9. The molecule has 1 amide bonds. The number of pyridine rings is 2. The van der Waals surface area contributed by atoms with Crippen molar-refractivity contribution in [2.24, 2.45) is 5.92 Å². The lowest BCUT2D eigenvalue weighted by Gasteiger charge is -2.44. The van der Waals surface area contributed by atoms with Gasteiger partial charge >= 0.3 is 6.09 Å². The fourth-order valence-electron chi connectivity index (χ4n) is 5.20. The Labute approximate surface area is 208 Å². The van der Waals surface area contributed by atoms with Gasteiger partial charge in [-0.25, -0.2) is 9.78 Å². The maximum Gasteiger partial charge on any atom is 0.414 e. The monoisotopic (exact) mass is 492 g/mol. The molecule has 0 radical (unpaired) electrons. The number of benzene rings is 1. The summed E-state index contributed by atoms with van der Waals surface area (Å²) in [7, 11) is 1.56. The van der Waals surface area contributed by atoms with Crippen LogP contribution in [0, 0.1) is 5.92 Å². The highest BCUT2D eigenvalue weighted by atomic mass is 16.6. The van der Waals surface area contributed by atoms with Gasteiger partial charge in [-0.2, -0.15) is 0 Å². The van der Waals surface area contributed by atoms with Gasteiger partial charge in [0.25, 0.3) is 0 Å². The Balaban J connectivity index is 1.13. The Morgan fingerprint density at radius 2 is 2.00 bits per heavy atom. The third kappa shape index (κ3) is 4.27. The number of rotatable bonds is 5. The SMILES string of the molecule is COc1ccc2nccc(C(O)CN3CC[C@@H]4CN(c5ccc6c(c5)OCCO6)C(=O)O[C@H]4C3)c2n1. The quantitative estimate of drug-likeness (QED) is 0.575. The van der Waals surface area contributed by atoms with Crippen LogP contribution >= 0.6 is 0 Å². The predicted molar refractivity (Wildman–Crippen MR) is 131 cm³/mol. The number of β-amino-alcohol motifs (C(OH)–C–C–N with tert-alkyl or cyclic N) is 1. The van der Waals surface area contributed by atoms with E-state index in [9.17, 15) is 9.90 Å². The smallest absolute Gasteiger partial charge is 0.414 e. The highest BCUT2D eigenvalue weighted by Gasteiger charge is 2.40. The number of carbonyl (C=O) groups is 1. The minimum absolute atomic E-state index is 0.206. The van der Waals surface area contributed by atoms with Crippen LogP contribution in [-0.2, 0) is 4.74 Å². The molecule has 10 nitrogen and oxygen atoms in total. The fourth-order valence-corrected chi connectivity index (χ4v) is 5.20. The number of aromatic nitrogens is 2. The van der Waals surface area contributed by atoms with Gasteiger partial charge in [0.05, 0.1) is 29.9 Å². The van der Waals surface area contributed by atoms with Crippen LogP contribution in [0.1, 0.15) is 18.1 Å². The number of carbonyl (C=O) groups excluding carboxylic acids is 1. The number of hydrogen-bond donors (Lipinski definition) is 1. The van der Waals surface area contributed by atoms with Gasteiger partial charge in [-0.15, -0.1) is 0 Å². The number of likely N-dealkylation sites (tertiary alicyclic amines) is 1. The van der Waals surface area contributed by atoms with E-state index < -0.39 is 6.10 Å². The molecule has 2 aromatic heterocycles. The number of aliphatic hydroxyl groups is 1. The molecule has 3 aliphatic rings. The Morgan fingerprint density at radius 3 is 2.86 bits per heavy atom. The van der Waals surface area contributed by atoms with Crippen molar-refractivity contribution in [2.75, 3.05) is 51.4 Å². The highest BCUT2D eigenvalue weighted by Crippen LogP contribution is 2.37. The minimum Gasteiger partial charge on any atom is -0.486 e. The van der Waals surface area contributed by atoms with Crippen LogP contribution in [0.25, 0.3) is 11.0 Å². The lowest BCUT2D eigenvalue weighted by atomic mass is 9.91. The molecule has 5 heterocycles. The topological polar surface area (TPSA) is 106 Å². The molecule has 0 aliphatic carbocycles. The van der Waals surface area contributed by atoms with Crippen LogP contribution in [-0.4, -0.2) is 78.7 Å². The Bertz CT molecular complexity index is 1290. The Hall–Kier alpha value is -3.63. The summed E-state index contributed by atoms with van der Waals surface area (Å²) in [6.07, 6.45) is 1.18. The zero-order valence-corrected chi connectivity index (χ0v) is 20.0. The summed E-state index contributed by atoms with van der Waals surface area (Å²) in [6.45, 7) is 3.37. The fraction of sp³-hybridized carbons (Fsp3) is 0.423. The number of nitrogens with zero attached hydrogens (tertiary/aromatic N) is 4. The van der Waals surface area contributed by atoms with E-state index in [2.05, 4.69) is 14.9 Å². The molecule has 1 N–H and O–H groups in total. The predicted octanol–water partition coefficient (Wildman–Crippen LogP) is 2.79. The van der Waals surface area contributed by atoms with Crippen LogP contribution in [0.4, 0.5) is 10.5 Å². The first kappa shape index (κ1) is 22.8. The normalized spacial score (nSPS) is 22.6. The summed E-state index contributed by atoms with van der Waals surface area (Å²) in [5.74, 6) is 2.02. The molecule has 3 atom stereocenters. The average Bonchev–Trinajstić information content (AvgIpc) is 2.91. The second kappa shape index (κ2) is 9.44. The molecule has 1 aromatic carbocycles. The van der Waals surface area contributed by atoms with Crippen molar-refractivity contribution in [2.45, 2.75) is 18.6 Å². The second-order valence-corrected chi connectivity index (χ2v) is 9.31. The van der Waals surface area contributed by atoms with E-state index in [1.54, 1.807) is 30.3 Å². The van der Waals surface area contributed by atoms with Gasteiger partial charge in [-0.05, 0) is 37.2 Å². The van der Waals surface area contributed by atoms with Gasteiger partial charge in [0.2, 0.25) is 5.88 Å². The molecule has 1 unspecified atom stereocenters. The van der Waals surface area contributed by atoms with E-state index >= 15 is 0 Å². The molecule has 0 bridgehead atoms. The molecule has 0 spiro atoms. The lowest BCUT2D eigenvalue weighted by molar-refractivity contribution is -0.0185. The molecule has 10 heteroatoms. The number of ether oxygens (including phenoxy) is 4. The molecule has 188 valence electrons. The minimum atomic E-state index is -0.764. The number of piperidine rings is 1. The van der Waals surface area contributed by atoms with Crippen molar-refractivity contribution < 1.29 is 28.8 Å². The van der Waals surface area contributed by atoms with E-state index in [1.807, 2.05) is 24.3 Å². The summed E-state index contributed by atoms with van der Waals surface area (Å²) in [6, 6.07) is 10.9. The van der Waals surface area contributed by atoms with Gasteiger partial charge in [-0.1, -0.05) is 0 Å². The Kier molecular flexibility index (Phi) is 5.98. The molecule has 36 heavy (non-hydrogen) atoms. The van der Waals surface area contributed by atoms with Crippen molar-refractivity contribution >= 4 is 22.8 Å². The van der Waals surface area contributed by atoms with Crippen LogP contribution in [0.2, 0.25) is 0 Å². The van der Waals surface area contributed by atoms with Crippen molar-refractivity contribution in [1.29, 1.82) is 0 Å². The number of anilines is 1. The highest BCUT2D eigenvalue weighted by molar-refractivity contribution is 5.89. The van der Waals surface area contributed by atoms with Gasteiger partial charge in [0.1, 0.15) is 19.3 Å². The number of amides is 1. The first-order chi connectivity index (χ1) is 17.6. The van der Waals surface area contributed by atoms with Crippen LogP contribution < -0.4 is 19.1 Å². The van der Waals surface area contributed by atoms with Gasteiger partial charge in [0.15, 0.2) is 11.5 Å². The standard InChI is InChI=1S/C26H28N4O6/c1-33-24-5-3-19-25(28-24)18(6-8-27-19)20(31)14-29-9-7-16-13-30(26(32)36-23(16)15-29)17-2-4-21-22(12-17)35-11-10-34-21/h2-6,8,12,16,20,23,31H,7,9-11,13-15H2,1H3/t16-,20?,23+/m1/s1. The molecule has 3 aromatic rings. The van der Waals surface area contributed by atoms with Crippen molar-refractivity contribution in [3.05, 3.63) is 48.2 Å². The van der Waals surface area contributed by atoms with E-state index in [-0.39, 0.29) is 18.1 Å². The largest absolute Gasteiger partial charge is 0.486 e. The molecule has 6 rings (SSSR count). The van der Waals surface area contributed by atoms with E-state index in [4.69, 9.17) is 18.9 Å². The van der Waals surface area contributed by atoms with Crippen molar-refractivity contribution in [3.63, 3.8) is 0 Å². The zero-order valence-electron chi connectivity index (χ0n) is 20.0. The summed E-state index contributed by atoms with van der Waals surface area (Å²) < 4.78 is 22.4. The molecule has 3 aliphatic heterocycles.